The third-order valence-electron chi connectivity index (χ3n) is 3.23. The molecular formula is C17H16O4. The van der Waals surface area contributed by atoms with Crippen molar-refractivity contribution in [1.29, 1.82) is 0 Å². The first kappa shape index (κ1) is 13.5. The lowest BCUT2D eigenvalue weighted by Gasteiger charge is -2.14. The van der Waals surface area contributed by atoms with Crippen LogP contribution in [0.1, 0.15) is 15.9 Å². The van der Waals surface area contributed by atoms with Gasteiger partial charge in [-0.1, -0.05) is 24.3 Å². The molecule has 21 heavy (non-hydrogen) atoms. The van der Waals surface area contributed by atoms with Crippen LogP contribution in [0.3, 0.4) is 0 Å². The van der Waals surface area contributed by atoms with Crippen molar-refractivity contribution < 1.29 is 19.0 Å². The number of carbonyl (C=O) groups is 1. The summed E-state index contributed by atoms with van der Waals surface area (Å²) in [6.07, 6.45) is -0.426. The van der Waals surface area contributed by atoms with Crippen LogP contribution in [0.4, 0.5) is 0 Å². The number of benzene rings is 2. The molecule has 1 aliphatic rings. The summed E-state index contributed by atoms with van der Waals surface area (Å²) in [5.41, 5.74) is 1.62. The van der Waals surface area contributed by atoms with Crippen LogP contribution in [0.2, 0.25) is 0 Å². The number of carbonyl (C=O) groups excluding carboxylic acids is 1. The van der Waals surface area contributed by atoms with E-state index in [1.165, 1.54) is 0 Å². The summed E-state index contributed by atoms with van der Waals surface area (Å²) < 4.78 is 16.8. The lowest BCUT2D eigenvalue weighted by atomic mass is 10.2. The molecule has 0 aromatic heterocycles. The van der Waals surface area contributed by atoms with Crippen LogP contribution in [0, 0.1) is 6.92 Å². The zero-order valence-electron chi connectivity index (χ0n) is 11.7. The third-order valence-corrected chi connectivity index (χ3v) is 3.23. The standard InChI is InChI=1S/C17H16O4/c1-12-7-8-15-16(9-12)20-11-14(10-19-15)21-17(18)13-5-3-2-4-6-13/h2-9,14H,10-11H2,1H3. The van der Waals surface area contributed by atoms with E-state index in [0.717, 1.165) is 5.56 Å². The molecule has 0 saturated heterocycles. The summed E-state index contributed by atoms with van der Waals surface area (Å²) >= 11 is 0. The van der Waals surface area contributed by atoms with Crippen LogP contribution in [0.15, 0.2) is 48.5 Å². The highest BCUT2D eigenvalue weighted by molar-refractivity contribution is 5.89. The maximum atomic E-state index is 12.0. The van der Waals surface area contributed by atoms with Crippen LogP contribution in [-0.2, 0) is 4.74 Å². The fraction of sp³-hybridized carbons (Fsp3) is 0.235. The van der Waals surface area contributed by atoms with Gasteiger partial charge in [-0.15, -0.1) is 0 Å². The molecule has 2 aromatic rings. The highest BCUT2D eigenvalue weighted by atomic mass is 16.6. The molecule has 1 aliphatic heterocycles. The molecule has 4 nitrogen and oxygen atoms in total. The topological polar surface area (TPSA) is 44.8 Å². The Morgan fingerprint density at radius 1 is 1.05 bits per heavy atom. The third kappa shape index (κ3) is 3.16. The quantitative estimate of drug-likeness (QED) is 0.795. The van der Waals surface area contributed by atoms with Crippen LogP contribution >= 0.6 is 0 Å². The molecule has 0 spiro atoms. The minimum Gasteiger partial charge on any atom is -0.486 e. The van der Waals surface area contributed by atoms with E-state index in [9.17, 15) is 4.79 Å². The molecule has 1 atom stereocenters. The first-order chi connectivity index (χ1) is 10.2. The second-order valence-electron chi connectivity index (χ2n) is 4.97. The molecule has 108 valence electrons. The van der Waals surface area contributed by atoms with Gasteiger partial charge in [0.15, 0.2) is 17.6 Å². The van der Waals surface area contributed by atoms with Gasteiger partial charge in [0, 0.05) is 0 Å². The van der Waals surface area contributed by atoms with Gasteiger partial charge >= 0.3 is 5.97 Å². The first-order valence-electron chi connectivity index (χ1n) is 6.84. The van der Waals surface area contributed by atoms with Crippen molar-refractivity contribution >= 4 is 5.97 Å². The van der Waals surface area contributed by atoms with Crippen molar-refractivity contribution in [1.82, 2.24) is 0 Å². The van der Waals surface area contributed by atoms with E-state index in [-0.39, 0.29) is 19.2 Å². The van der Waals surface area contributed by atoms with Gasteiger partial charge in [0.25, 0.3) is 0 Å². The van der Waals surface area contributed by atoms with Crippen LogP contribution in [0.25, 0.3) is 0 Å². The van der Waals surface area contributed by atoms with Gasteiger partial charge in [-0.25, -0.2) is 4.79 Å². The smallest absolute Gasteiger partial charge is 0.338 e. The van der Waals surface area contributed by atoms with Crippen LogP contribution < -0.4 is 9.47 Å². The van der Waals surface area contributed by atoms with Crippen molar-refractivity contribution in [2.45, 2.75) is 13.0 Å². The second-order valence-corrected chi connectivity index (χ2v) is 4.97. The first-order valence-corrected chi connectivity index (χ1v) is 6.84. The number of ether oxygens (including phenoxy) is 3. The van der Waals surface area contributed by atoms with Crippen LogP contribution in [0.5, 0.6) is 11.5 Å². The fourth-order valence-corrected chi connectivity index (χ4v) is 2.12. The minimum atomic E-state index is -0.426. The molecule has 2 aromatic carbocycles. The summed E-state index contributed by atoms with van der Waals surface area (Å²) in [4.78, 5) is 12.0. The normalized spacial score (nSPS) is 16.9. The molecule has 0 radical (unpaired) electrons. The summed E-state index contributed by atoms with van der Waals surface area (Å²) in [5, 5.41) is 0. The summed E-state index contributed by atoms with van der Waals surface area (Å²) in [5.74, 6) is 1.00. The van der Waals surface area contributed by atoms with Gasteiger partial charge < -0.3 is 14.2 Å². The van der Waals surface area contributed by atoms with E-state index in [4.69, 9.17) is 14.2 Å². The fourth-order valence-electron chi connectivity index (χ4n) is 2.12. The SMILES string of the molecule is Cc1ccc2c(c1)OCC(OC(=O)c1ccccc1)CO2. The highest BCUT2D eigenvalue weighted by Crippen LogP contribution is 2.30. The molecule has 4 heteroatoms. The number of hydrogen-bond donors (Lipinski definition) is 0. The largest absolute Gasteiger partial charge is 0.486 e. The highest BCUT2D eigenvalue weighted by Gasteiger charge is 2.22. The zero-order valence-corrected chi connectivity index (χ0v) is 11.7. The second kappa shape index (κ2) is 5.87. The molecule has 0 fully saturated rings. The number of aryl methyl sites for hydroxylation is 1. The van der Waals surface area contributed by atoms with Crippen molar-refractivity contribution in [2.75, 3.05) is 13.2 Å². The molecule has 0 saturated carbocycles. The molecule has 1 unspecified atom stereocenters. The molecule has 0 amide bonds. The molecule has 0 N–H and O–H groups in total. The van der Waals surface area contributed by atoms with E-state index >= 15 is 0 Å². The molecule has 1 heterocycles. The summed E-state index contributed by atoms with van der Waals surface area (Å²) in [6, 6.07) is 14.6. The minimum absolute atomic E-state index is 0.286. The lowest BCUT2D eigenvalue weighted by molar-refractivity contribution is 0.00856. The molecule has 0 aliphatic carbocycles. The molecule has 3 rings (SSSR count). The lowest BCUT2D eigenvalue weighted by Crippen LogP contribution is -2.29. The molecular weight excluding hydrogens is 268 g/mol. The average molecular weight is 284 g/mol. The average Bonchev–Trinajstić information content (AvgIpc) is 2.70. The maximum Gasteiger partial charge on any atom is 0.338 e. The van der Waals surface area contributed by atoms with E-state index in [2.05, 4.69) is 0 Å². The predicted octanol–water partition coefficient (Wildman–Crippen LogP) is 2.99. The van der Waals surface area contributed by atoms with E-state index in [0.29, 0.717) is 17.1 Å². The summed E-state index contributed by atoms with van der Waals surface area (Å²) in [7, 11) is 0. The van der Waals surface area contributed by atoms with Gasteiger partial charge in [0.2, 0.25) is 0 Å². The van der Waals surface area contributed by atoms with Crippen molar-refractivity contribution in [2.24, 2.45) is 0 Å². The number of hydrogen-bond acceptors (Lipinski definition) is 4. The molecule has 0 bridgehead atoms. The Kier molecular flexibility index (Phi) is 3.77. The maximum absolute atomic E-state index is 12.0. The number of rotatable bonds is 2. The van der Waals surface area contributed by atoms with Crippen molar-refractivity contribution in [3.63, 3.8) is 0 Å². The predicted molar refractivity (Wildman–Crippen MR) is 77.8 cm³/mol. The zero-order chi connectivity index (χ0) is 14.7. The van der Waals surface area contributed by atoms with Gasteiger partial charge in [-0.2, -0.15) is 0 Å². The number of esters is 1. The van der Waals surface area contributed by atoms with Gasteiger partial charge in [0.1, 0.15) is 13.2 Å². The Morgan fingerprint density at radius 3 is 2.52 bits per heavy atom. The summed E-state index contributed by atoms with van der Waals surface area (Å²) in [6.45, 7) is 2.56. The van der Waals surface area contributed by atoms with Crippen molar-refractivity contribution in [3.8, 4) is 11.5 Å². The van der Waals surface area contributed by atoms with Gasteiger partial charge in [-0.05, 0) is 36.8 Å². The van der Waals surface area contributed by atoms with Gasteiger partial charge in [0.05, 0.1) is 5.56 Å². The Morgan fingerprint density at radius 2 is 1.76 bits per heavy atom. The number of fused-ring (bicyclic) bond motifs is 1. The van der Waals surface area contributed by atoms with E-state index in [1.807, 2.05) is 31.2 Å². The Bertz CT molecular complexity index is 636. The Balaban J connectivity index is 1.66. The Labute approximate surface area is 123 Å². The van der Waals surface area contributed by atoms with Crippen molar-refractivity contribution in [3.05, 3.63) is 59.7 Å². The monoisotopic (exact) mass is 284 g/mol. The van der Waals surface area contributed by atoms with Gasteiger partial charge in [-0.3, -0.25) is 0 Å². The van der Waals surface area contributed by atoms with E-state index < -0.39 is 6.10 Å². The van der Waals surface area contributed by atoms with E-state index in [1.54, 1.807) is 24.3 Å². The van der Waals surface area contributed by atoms with Crippen LogP contribution in [-0.4, -0.2) is 25.3 Å². The Hall–Kier alpha value is -2.49.